The predicted molar refractivity (Wildman–Crippen MR) is 131 cm³/mol. The van der Waals surface area contributed by atoms with Crippen LogP contribution < -0.4 is 4.90 Å². The number of hydrogen-bond acceptors (Lipinski definition) is 7. The van der Waals surface area contributed by atoms with E-state index in [0.29, 0.717) is 49.2 Å². The van der Waals surface area contributed by atoms with Crippen LogP contribution in [0.2, 0.25) is 0 Å². The highest BCUT2D eigenvalue weighted by Gasteiger charge is 2.26. The molecule has 0 atom stereocenters. The van der Waals surface area contributed by atoms with Crippen LogP contribution in [0.15, 0.2) is 77.2 Å². The van der Waals surface area contributed by atoms with Gasteiger partial charge >= 0.3 is 0 Å². The summed E-state index contributed by atoms with van der Waals surface area (Å²) in [5.41, 5.74) is 3.89. The van der Waals surface area contributed by atoms with E-state index in [0.717, 1.165) is 16.7 Å². The van der Waals surface area contributed by atoms with Crippen LogP contribution in [-0.2, 0) is 0 Å². The van der Waals surface area contributed by atoms with Crippen LogP contribution in [0.3, 0.4) is 0 Å². The van der Waals surface area contributed by atoms with Crippen molar-refractivity contribution >= 4 is 17.3 Å². The summed E-state index contributed by atoms with van der Waals surface area (Å²) in [6, 6.07) is 21.6. The smallest absolute Gasteiger partial charge is 0.292 e. The number of piperazine rings is 1. The Morgan fingerprint density at radius 3 is 2.26 bits per heavy atom. The van der Waals surface area contributed by atoms with Crippen molar-refractivity contribution in [3.8, 4) is 22.9 Å². The summed E-state index contributed by atoms with van der Waals surface area (Å²) in [7, 11) is 0. The maximum Gasteiger partial charge on any atom is 0.292 e. The molecule has 2 heterocycles. The number of carbonyl (C=O) groups is 1. The Balaban J connectivity index is 1.25. The molecule has 9 heteroatoms. The molecule has 4 aromatic rings. The average molecular weight is 470 g/mol. The summed E-state index contributed by atoms with van der Waals surface area (Å²) >= 11 is 0. The maximum atomic E-state index is 13.0. The van der Waals surface area contributed by atoms with E-state index in [-0.39, 0.29) is 16.5 Å². The minimum atomic E-state index is -0.373. The van der Waals surface area contributed by atoms with E-state index in [4.69, 9.17) is 4.42 Å². The number of rotatable bonds is 5. The van der Waals surface area contributed by atoms with E-state index in [2.05, 4.69) is 10.2 Å². The third kappa shape index (κ3) is 4.48. The summed E-state index contributed by atoms with van der Waals surface area (Å²) in [6.07, 6.45) is 0. The Hall–Kier alpha value is -4.53. The van der Waals surface area contributed by atoms with Crippen LogP contribution in [0.1, 0.15) is 15.9 Å². The number of amides is 1. The highest BCUT2D eigenvalue weighted by Crippen LogP contribution is 2.29. The molecule has 0 unspecified atom stereocenters. The molecule has 1 aromatic heterocycles. The van der Waals surface area contributed by atoms with E-state index < -0.39 is 0 Å². The van der Waals surface area contributed by atoms with Gasteiger partial charge in [-0.15, -0.1) is 10.2 Å². The number of hydrogen-bond donors (Lipinski definition) is 0. The van der Waals surface area contributed by atoms with Gasteiger partial charge in [-0.3, -0.25) is 14.9 Å². The first-order chi connectivity index (χ1) is 17.0. The van der Waals surface area contributed by atoms with Crippen LogP contribution in [0.4, 0.5) is 11.4 Å². The van der Waals surface area contributed by atoms with E-state index in [1.54, 1.807) is 47.4 Å². The molecular formula is C26H23N5O4. The van der Waals surface area contributed by atoms with Crippen molar-refractivity contribution in [1.29, 1.82) is 0 Å². The minimum Gasteiger partial charge on any atom is -0.416 e. The first-order valence-corrected chi connectivity index (χ1v) is 11.3. The molecule has 35 heavy (non-hydrogen) atoms. The quantitative estimate of drug-likeness (QED) is 0.311. The second-order valence-electron chi connectivity index (χ2n) is 8.33. The SMILES string of the molecule is Cc1ccccc1-c1nnc(-c2ccc(C(=O)N3CCN(c4ccccc4[N+](=O)[O-])CC3)cc2)o1. The third-order valence-corrected chi connectivity index (χ3v) is 6.17. The summed E-state index contributed by atoms with van der Waals surface area (Å²) in [6.45, 7) is 4.00. The van der Waals surface area contributed by atoms with Gasteiger partial charge in [0, 0.05) is 48.9 Å². The molecule has 1 aliphatic heterocycles. The molecule has 3 aromatic carbocycles. The fourth-order valence-corrected chi connectivity index (χ4v) is 4.24. The summed E-state index contributed by atoms with van der Waals surface area (Å²) in [4.78, 5) is 27.7. The van der Waals surface area contributed by atoms with Gasteiger partial charge in [0.15, 0.2) is 0 Å². The zero-order valence-electron chi connectivity index (χ0n) is 19.1. The topological polar surface area (TPSA) is 106 Å². The molecule has 1 amide bonds. The number of nitro benzene ring substituents is 1. The molecule has 0 bridgehead atoms. The maximum absolute atomic E-state index is 13.0. The van der Waals surface area contributed by atoms with E-state index in [9.17, 15) is 14.9 Å². The van der Waals surface area contributed by atoms with Gasteiger partial charge in [0.05, 0.1) is 4.92 Å². The highest BCUT2D eigenvalue weighted by atomic mass is 16.6. The fraction of sp³-hybridized carbons (Fsp3) is 0.192. The number of nitro groups is 1. The van der Waals surface area contributed by atoms with Crippen LogP contribution in [-0.4, -0.2) is 52.1 Å². The molecular weight excluding hydrogens is 446 g/mol. The first-order valence-electron chi connectivity index (χ1n) is 11.3. The lowest BCUT2D eigenvalue weighted by Crippen LogP contribution is -2.48. The predicted octanol–water partition coefficient (Wildman–Crippen LogP) is 4.58. The average Bonchev–Trinajstić information content (AvgIpc) is 3.39. The Kier molecular flexibility index (Phi) is 5.97. The monoisotopic (exact) mass is 469 g/mol. The second-order valence-corrected chi connectivity index (χ2v) is 8.33. The van der Waals surface area contributed by atoms with Crippen molar-refractivity contribution in [3.05, 3.63) is 94.0 Å². The van der Waals surface area contributed by atoms with Gasteiger partial charge in [-0.1, -0.05) is 30.3 Å². The van der Waals surface area contributed by atoms with Crippen LogP contribution in [0, 0.1) is 17.0 Å². The molecule has 1 saturated heterocycles. The van der Waals surface area contributed by atoms with Crippen molar-refractivity contribution in [2.45, 2.75) is 6.92 Å². The molecule has 0 radical (unpaired) electrons. The summed E-state index contributed by atoms with van der Waals surface area (Å²) in [5.74, 6) is 0.764. The number of carbonyl (C=O) groups excluding carboxylic acids is 1. The molecule has 1 fully saturated rings. The van der Waals surface area contributed by atoms with Crippen molar-refractivity contribution in [2.75, 3.05) is 31.1 Å². The van der Waals surface area contributed by atoms with Gasteiger partial charge in [0.2, 0.25) is 11.8 Å². The number of aromatic nitrogens is 2. The van der Waals surface area contributed by atoms with Gasteiger partial charge in [-0.05, 0) is 48.9 Å². The molecule has 0 spiro atoms. The van der Waals surface area contributed by atoms with Crippen molar-refractivity contribution in [3.63, 3.8) is 0 Å². The minimum absolute atomic E-state index is 0.0782. The molecule has 9 nitrogen and oxygen atoms in total. The molecule has 0 saturated carbocycles. The lowest BCUT2D eigenvalue weighted by Gasteiger charge is -2.35. The van der Waals surface area contributed by atoms with Crippen molar-refractivity contribution in [1.82, 2.24) is 15.1 Å². The van der Waals surface area contributed by atoms with Crippen molar-refractivity contribution < 1.29 is 14.1 Å². The Labute approximate surface area is 201 Å². The van der Waals surface area contributed by atoms with Gasteiger partial charge in [0.25, 0.3) is 11.6 Å². The summed E-state index contributed by atoms with van der Waals surface area (Å²) in [5, 5.41) is 19.7. The van der Waals surface area contributed by atoms with Gasteiger partial charge in [-0.25, -0.2) is 0 Å². The Morgan fingerprint density at radius 1 is 0.886 bits per heavy atom. The number of para-hydroxylation sites is 2. The molecule has 0 N–H and O–H groups in total. The zero-order chi connectivity index (χ0) is 24.4. The highest BCUT2D eigenvalue weighted by molar-refractivity contribution is 5.94. The number of benzene rings is 3. The van der Waals surface area contributed by atoms with Crippen molar-refractivity contribution in [2.24, 2.45) is 0 Å². The standard InChI is InChI=1S/C26H23N5O4/c1-18-6-2-3-7-21(18)25-28-27-24(35-25)19-10-12-20(13-11-19)26(32)30-16-14-29(15-17-30)22-8-4-5-9-23(22)31(33)34/h2-13H,14-17H2,1H3. The van der Waals surface area contributed by atoms with E-state index >= 15 is 0 Å². The fourth-order valence-electron chi connectivity index (χ4n) is 4.24. The molecule has 5 rings (SSSR count). The van der Waals surface area contributed by atoms with Gasteiger partial charge in [-0.2, -0.15) is 0 Å². The third-order valence-electron chi connectivity index (χ3n) is 6.17. The van der Waals surface area contributed by atoms with Gasteiger partial charge in [0.1, 0.15) is 5.69 Å². The Morgan fingerprint density at radius 2 is 1.54 bits per heavy atom. The van der Waals surface area contributed by atoms with E-state index in [1.165, 1.54) is 6.07 Å². The lowest BCUT2D eigenvalue weighted by atomic mass is 10.1. The Bertz CT molecular complexity index is 1370. The van der Waals surface area contributed by atoms with Gasteiger partial charge < -0.3 is 14.2 Å². The molecule has 1 aliphatic rings. The normalized spacial score (nSPS) is 13.6. The lowest BCUT2D eigenvalue weighted by molar-refractivity contribution is -0.384. The molecule has 176 valence electrons. The first kappa shape index (κ1) is 22.3. The number of nitrogens with zero attached hydrogens (tertiary/aromatic N) is 5. The number of anilines is 1. The summed E-state index contributed by atoms with van der Waals surface area (Å²) < 4.78 is 5.86. The molecule has 0 aliphatic carbocycles. The van der Waals surface area contributed by atoms with Crippen LogP contribution >= 0.6 is 0 Å². The largest absolute Gasteiger partial charge is 0.416 e. The van der Waals surface area contributed by atoms with Crippen LogP contribution in [0.25, 0.3) is 22.9 Å². The number of aryl methyl sites for hydroxylation is 1. The zero-order valence-corrected chi connectivity index (χ0v) is 19.1. The van der Waals surface area contributed by atoms with E-state index in [1.807, 2.05) is 36.1 Å². The second kappa shape index (κ2) is 9.38. The van der Waals surface area contributed by atoms with Crippen LogP contribution in [0.5, 0.6) is 0 Å².